The Bertz CT molecular complexity index is 434. The molecule has 1 amide bonds. The second-order valence-electron chi connectivity index (χ2n) is 4.74. The van der Waals surface area contributed by atoms with Crippen molar-refractivity contribution in [1.29, 1.82) is 0 Å². The van der Waals surface area contributed by atoms with Gasteiger partial charge >= 0.3 is 5.97 Å². The summed E-state index contributed by atoms with van der Waals surface area (Å²) in [5, 5.41) is 5.84. The van der Waals surface area contributed by atoms with Gasteiger partial charge in [-0.2, -0.15) is 0 Å². The second kappa shape index (κ2) is 8.32. The highest BCUT2D eigenvalue weighted by Crippen LogP contribution is 2.04. The van der Waals surface area contributed by atoms with E-state index in [1.807, 2.05) is 37.3 Å². The highest BCUT2D eigenvalue weighted by molar-refractivity contribution is 5.78. The highest BCUT2D eigenvalue weighted by atomic mass is 16.5. The molecule has 0 radical (unpaired) electrons. The van der Waals surface area contributed by atoms with Crippen LogP contribution in [-0.4, -0.2) is 31.6 Å². The summed E-state index contributed by atoms with van der Waals surface area (Å²) >= 11 is 0. The lowest BCUT2D eigenvalue weighted by molar-refractivity contribution is -0.145. The first-order valence-electron chi connectivity index (χ1n) is 6.66. The molecule has 1 aromatic rings. The molecule has 0 heterocycles. The lowest BCUT2D eigenvalue weighted by Gasteiger charge is -2.18. The van der Waals surface area contributed by atoms with Crippen molar-refractivity contribution >= 4 is 11.9 Å². The molecule has 0 aromatic heterocycles. The summed E-state index contributed by atoms with van der Waals surface area (Å²) in [6.45, 7) is 4.30. The van der Waals surface area contributed by atoms with Gasteiger partial charge in [-0.15, -0.1) is 0 Å². The van der Waals surface area contributed by atoms with Gasteiger partial charge in [0.1, 0.15) is 0 Å². The van der Waals surface area contributed by atoms with Gasteiger partial charge in [0.05, 0.1) is 19.6 Å². The molecule has 0 spiro atoms. The van der Waals surface area contributed by atoms with Gasteiger partial charge in [-0.1, -0.05) is 37.3 Å². The number of hydrogen-bond acceptors (Lipinski definition) is 4. The molecule has 110 valence electrons. The third-order valence-corrected chi connectivity index (χ3v) is 3.24. The van der Waals surface area contributed by atoms with Crippen LogP contribution in [0.25, 0.3) is 0 Å². The smallest absolute Gasteiger partial charge is 0.309 e. The zero-order valence-corrected chi connectivity index (χ0v) is 12.2. The van der Waals surface area contributed by atoms with Gasteiger partial charge < -0.3 is 15.4 Å². The van der Waals surface area contributed by atoms with Crippen LogP contribution in [0.3, 0.4) is 0 Å². The molecule has 20 heavy (non-hydrogen) atoms. The summed E-state index contributed by atoms with van der Waals surface area (Å²) in [7, 11) is 1.36. The fourth-order valence-corrected chi connectivity index (χ4v) is 1.68. The first kappa shape index (κ1) is 16.2. The lowest BCUT2D eigenvalue weighted by atomic mass is 10.0. The van der Waals surface area contributed by atoms with Gasteiger partial charge in [0, 0.05) is 12.6 Å². The molecule has 5 nitrogen and oxygen atoms in total. The molecule has 5 heteroatoms. The number of methoxy groups -OCH3 is 1. The third kappa shape index (κ3) is 5.40. The number of esters is 1. The van der Waals surface area contributed by atoms with Crippen molar-refractivity contribution in [2.45, 2.75) is 26.4 Å². The monoisotopic (exact) mass is 278 g/mol. The van der Waals surface area contributed by atoms with Crippen LogP contribution in [0.15, 0.2) is 30.3 Å². The van der Waals surface area contributed by atoms with E-state index in [2.05, 4.69) is 15.4 Å². The first-order valence-corrected chi connectivity index (χ1v) is 6.66. The van der Waals surface area contributed by atoms with Crippen molar-refractivity contribution in [3.63, 3.8) is 0 Å². The van der Waals surface area contributed by atoms with Crippen molar-refractivity contribution in [2.75, 3.05) is 13.7 Å². The van der Waals surface area contributed by atoms with Crippen LogP contribution in [0.4, 0.5) is 0 Å². The number of amides is 1. The van der Waals surface area contributed by atoms with E-state index < -0.39 is 0 Å². The number of rotatable bonds is 7. The largest absolute Gasteiger partial charge is 0.469 e. The van der Waals surface area contributed by atoms with Crippen molar-refractivity contribution in [3.8, 4) is 0 Å². The molecule has 2 atom stereocenters. The molecule has 0 bridgehead atoms. The van der Waals surface area contributed by atoms with Crippen molar-refractivity contribution in [1.82, 2.24) is 10.6 Å². The molecule has 2 N–H and O–H groups in total. The van der Waals surface area contributed by atoms with E-state index in [1.54, 1.807) is 6.92 Å². The van der Waals surface area contributed by atoms with E-state index in [4.69, 9.17) is 0 Å². The normalized spacial score (nSPS) is 13.3. The molecule has 1 aromatic carbocycles. The summed E-state index contributed by atoms with van der Waals surface area (Å²) < 4.78 is 4.67. The molecule has 1 rings (SSSR count). The summed E-state index contributed by atoms with van der Waals surface area (Å²) in [6, 6.07) is 9.58. The van der Waals surface area contributed by atoms with Gasteiger partial charge in [0.2, 0.25) is 5.91 Å². The molecule has 0 aliphatic heterocycles. The topological polar surface area (TPSA) is 67.4 Å². The van der Waals surface area contributed by atoms with Gasteiger partial charge in [-0.05, 0) is 12.5 Å². The lowest BCUT2D eigenvalue weighted by Crippen LogP contribution is -2.42. The fraction of sp³-hybridized carbons (Fsp3) is 0.467. The molecular formula is C15H22N2O3. The Labute approximate surface area is 119 Å². The van der Waals surface area contributed by atoms with Crippen LogP contribution in [-0.2, 0) is 20.9 Å². The van der Waals surface area contributed by atoms with E-state index in [-0.39, 0.29) is 30.4 Å². The number of ether oxygens (including phenoxy) is 1. The molecule has 0 saturated carbocycles. The predicted molar refractivity (Wildman–Crippen MR) is 76.9 cm³/mol. The Balaban J connectivity index is 2.28. The number of carbonyl (C=O) groups excluding carboxylic acids is 2. The Morgan fingerprint density at radius 1 is 1.20 bits per heavy atom. The average molecular weight is 278 g/mol. The minimum absolute atomic E-state index is 0.0993. The fourth-order valence-electron chi connectivity index (χ4n) is 1.68. The van der Waals surface area contributed by atoms with Crippen LogP contribution in [0, 0.1) is 5.92 Å². The number of nitrogens with one attached hydrogen (secondary N) is 2. The maximum Gasteiger partial charge on any atom is 0.309 e. The van der Waals surface area contributed by atoms with Gasteiger partial charge in [-0.3, -0.25) is 9.59 Å². The molecule has 0 fully saturated rings. The predicted octanol–water partition coefficient (Wildman–Crippen LogP) is 1.09. The van der Waals surface area contributed by atoms with Crippen LogP contribution >= 0.6 is 0 Å². The number of carbonyl (C=O) groups is 2. The Kier molecular flexibility index (Phi) is 6.73. The first-order chi connectivity index (χ1) is 9.54. The van der Waals surface area contributed by atoms with Crippen LogP contribution in [0.1, 0.15) is 19.4 Å². The molecule has 2 unspecified atom stereocenters. The summed E-state index contributed by atoms with van der Waals surface area (Å²) in [5.41, 5.74) is 1.05. The molecule has 0 saturated heterocycles. The highest BCUT2D eigenvalue weighted by Gasteiger charge is 2.20. The third-order valence-electron chi connectivity index (χ3n) is 3.24. The zero-order chi connectivity index (χ0) is 15.0. The van der Waals surface area contributed by atoms with Crippen molar-refractivity contribution in [3.05, 3.63) is 35.9 Å². The minimum atomic E-state index is -0.290. The van der Waals surface area contributed by atoms with Crippen molar-refractivity contribution in [2.24, 2.45) is 5.92 Å². The molecule has 0 aliphatic carbocycles. The maximum atomic E-state index is 11.7. The standard InChI is InChI=1S/C15H22N2O3/c1-11(15(19)20-3)12(2)16-10-14(18)17-9-13-7-5-4-6-8-13/h4-8,11-12,16H,9-10H2,1-3H3,(H,17,18). The quantitative estimate of drug-likeness (QED) is 0.733. The van der Waals surface area contributed by atoms with E-state index in [0.29, 0.717) is 6.54 Å². The number of hydrogen-bond donors (Lipinski definition) is 2. The van der Waals surface area contributed by atoms with E-state index in [0.717, 1.165) is 5.56 Å². The van der Waals surface area contributed by atoms with E-state index >= 15 is 0 Å². The van der Waals surface area contributed by atoms with Crippen molar-refractivity contribution < 1.29 is 14.3 Å². The maximum absolute atomic E-state index is 11.7. The van der Waals surface area contributed by atoms with Gasteiger partial charge in [0.15, 0.2) is 0 Å². The minimum Gasteiger partial charge on any atom is -0.469 e. The van der Waals surface area contributed by atoms with Crippen LogP contribution < -0.4 is 10.6 Å². The van der Waals surface area contributed by atoms with Crippen LogP contribution in [0.2, 0.25) is 0 Å². The summed E-state index contributed by atoms with van der Waals surface area (Å²) in [5.74, 6) is -0.672. The van der Waals surface area contributed by atoms with Gasteiger partial charge in [-0.25, -0.2) is 0 Å². The summed E-state index contributed by atoms with van der Waals surface area (Å²) in [4.78, 5) is 23.0. The number of benzene rings is 1. The van der Waals surface area contributed by atoms with Gasteiger partial charge in [0.25, 0.3) is 0 Å². The average Bonchev–Trinajstić information content (AvgIpc) is 2.49. The Morgan fingerprint density at radius 2 is 1.85 bits per heavy atom. The Hall–Kier alpha value is -1.88. The SMILES string of the molecule is COC(=O)C(C)C(C)NCC(=O)NCc1ccccc1. The Morgan fingerprint density at radius 3 is 2.45 bits per heavy atom. The summed E-state index contributed by atoms with van der Waals surface area (Å²) in [6.07, 6.45) is 0. The molecule has 0 aliphatic rings. The second-order valence-corrected chi connectivity index (χ2v) is 4.74. The molecular weight excluding hydrogens is 256 g/mol. The van der Waals surface area contributed by atoms with E-state index in [1.165, 1.54) is 7.11 Å². The van der Waals surface area contributed by atoms with Crippen LogP contribution in [0.5, 0.6) is 0 Å². The zero-order valence-electron chi connectivity index (χ0n) is 12.2. The van der Waals surface area contributed by atoms with E-state index in [9.17, 15) is 9.59 Å².